The lowest BCUT2D eigenvalue weighted by Crippen LogP contribution is -2.41. The van der Waals surface area contributed by atoms with Crippen molar-refractivity contribution in [1.82, 2.24) is 15.8 Å². The highest BCUT2D eigenvalue weighted by atomic mass is 79.9. The van der Waals surface area contributed by atoms with Gasteiger partial charge >= 0.3 is 0 Å². The molecular weight excluding hydrogens is 390 g/mol. The summed E-state index contributed by atoms with van der Waals surface area (Å²) in [5.41, 5.74) is 5.45. The van der Waals surface area contributed by atoms with E-state index in [0.29, 0.717) is 20.1 Å². The normalized spacial score (nSPS) is 9.90. The van der Waals surface area contributed by atoms with Gasteiger partial charge in [-0.2, -0.15) is 0 Å². The number of pyridine rings is 1. The van der Waals surface area contributed by atoms with Crippen LogP contribution in [0.1, 0.15) is 20.7 Å². The Morgan fingerprint density at radius 1 is 1.00 bits per heavy atom. The molecule has 0 saturated carbocycles. The number of benzene rings is 1. The average molecular weight is 399 g/mol. The van der Waals surface area contributed by atoms with Crippen molar-refractivity contribution in [2.45, 2.75) is 0 Å². The molecule has 7 heteroatoms. The Balaban J connectivity index is 2.01. The first-order valence-corrected chi connectivity index (χ1v) is 7.12. The monoisotopic (exact) mass is 397 g/mol. The lowest BCUT2D eigenvalue weighted by Gasteiger charge is -2.08. The molecule has 0 unspecified atom stereocenters. The molecule has 5 nitrogen and oxygen atoms in total. The zero-order valence-electron chi connectivity index (χ0n) is 10.1. The summed E-state index contributed by atoms with van der Waals surface area (Å²) in [5.74, 6) is -0.854. The number of hydrazine groups is 1. The highest BCUT2D eigenvalue weighted by Crippen LogP contribution is 2.15. The minimum atomic E-state index is -0.445. The molecule has 0 fully saturated rings. The highest BCUT2D eigenvalue weighted by molar-refractivity contribution is 9.10. The Kier molecular flexibility index (Phi) is 4.86. The quantitative estimate of drug-likeness (QED) is 0.764. The highest BCUT2D eigenvalue weighted by Gasteiger charge is 2.11. The van der Waals surface area contributed by atoms with Gasteiger partial charge in [0.25, 0.3) is 11.8 Å². The second-order valence-electron chi connectivity index (χ2n) is 3.78. The van der Waals surface area contributed by atoms with E-state index in [9.17, 15) is 9.59 Å². The van der Waals surface area contributed by atoms with Crippen molar-refractivity contribution in [2.24, 2.45) is 0 Å². The van der Waals surface area contributed by atoms with Gasteiger partial charge in [-0.05, 0) is 50.1 Å². The predicted octanol–water partition coefficient (Wildman–Crippen LogP) is 2.68. The van der Waals surface area contributed by atoms with Crippen LogP contribution in [0.15, 0.2) is 51.7 Å². The predicted molar refractivity (Wildman–Crippen MR) is 81.0 cm³/mol. The first-order valence-electron chi connectivity index (χ1n) is 5.53. The fraction of sp³-hybridized carbons (Fsp3) is 0. The van der Waals surface area contributed by atoms with Gasteiger partial charge in [0.05, 0.1) is 11.1 Å². The SMILES string of the molecule is O=C(NNC(=O)c1ccccc1Br)c1cncc(Br)c1. The molecule has 2 amide bonds. The zero-order chi connectivity index (χ0) is 14.5. The largest absolute Gasteiger partial charge is 0.271 e. The summed E-state index contributed by atoms with van der Waals surface area (Å²) in [4.78, 5) is 27.6. The molecule has 2 N–H and O–H groups in total. The summed E-state index contributed by atoms with van der Waals surface area (Å²) >= 11 is 6.49. The Bertz CT molecular complexity index is 662. The van der Waals surface area contributed by atoms with Crippen LogP contribution in [0.4, 0.5) is 0 Å². The molecule has 1 heterocycles. The van der Waals surface area contributed by atoms with Gasteiger partial charge in [-0.15, -0.1) is 0 Å². The van der Waals surface area contributed by atoms with Crippen LogP contribution in [0, 0.1) is 0 Å². The third-order valence-corrected chi connectivity index (χ3v) is 3.50. The summed E-state index contributed by atoms with van der Waals surface area (Å²) in [6.07, 6.45) is 2.97. The molecule has 20 heavy (non-hydrogen) atoms. The van der Waals surface area contributed by atoms with E-state index in [1.165, 1.54) is 6.20 Å². The van der Waals surface area contributed by atoms with E-state index in [1.807, 2.05) is 0 Å². The second-order valence-corrected chi connectivity index (χ2v) is 5.55. The molecule has 102 valence electrons. The molecule has 0 aliphatic heterocycles. The van der Waals surface area contributed by atoms with Gasteiger partial charge < -0.3 is 0 Å². The van der Waals surface area contributed by atoms with Crippen molar-refractivity contribution in [3.05, 3.63) is 62.8 Å². The molecule has 1 aromatic heterocycles. The Labute approximate surface area is 132 Å². The molecule has 0 radical (unpaired) electrons. The van der Waals surface area contributed by atoms with Crippen molar-refractivity contribution >= 4 is 43.7 Å². The molecule has 0 aliphatic carbocycles. The minimum Gasteiger partial charge on any atom is -0.267 e. The van der Waals surface area contributed by atoms with Crippen LogP contribution in [-0.4, -0.2) is 16.8 Å². The molecule has 0 bridgehead atoms. The molecular formula is C13H9Br2N3O2. The van der Waals surface area contributed by atoms with Gasteiger partial charge in [0.2, 0.25) is 0 Å². The summed E-state index contributed by atoms with van der Waals surface area (Å²) in [6.45, 7) is 0. The zero-order valence-corrected chi connectivity index (χ0v) is 13.2. The average Bonchev–Trinajstić information content (AvgIpc) is 2.45. The lowest BCUT2D eigenvalue weighted by atomic mass is 10.2. The topological polar surface area (TPSA) is 71.1 Å². The summed E-state index contributed by atoms with van der Waals surface area (Å²) in [5, 5.41) is 0. The van der Waals surface area contributed by atoms with Gasteiger partial charge in [-0.25, -0.2) is 0 Å². The molecule has 2 aromatic rings. The van der Waals surface area contributed by atoms with Crippen LogP contribution in [0.5, 0.6) is 0 Å². The minimum absolute atomic E-state index is 0.340. The number of amides is 2. The number of halogens is 2. The van der Waals surface area contributed by atoms with Crippen LogP contribution in [0.2, 0.25) is 0 Å². The molecule has 0 atom stereocenters. The number of aromatic nitrogens is 1. The van der Waals surface area contributed by atoms with E-state index >= 15 is 0 Å². The van der Waals surface area contributed by atoms with Crippen molar-refractivity contribution in [3.63, 3.8) is 0 Å². The molecule has 2 rings (SSSR count). The van der Waals surface area contributed by atoms with E-state index in [4.69, 9.17) is 0 Å². The van der Waals surface area contributed by atoms with Crippen LogP contribution in [-0.2, 0) is 0 Å². The fourth-order valence-corrected chi connectivity index (χ4v) is 2.26. The Hall–Kier alpha value is -1.73. The van der Waals surface area contributed by atoms with E-state index in [2.05, 4.69) is 47.7 Å². The van der Waals surface area contributed by atoms with Crippen LogP contribution < -0.4 is 10.9 Å². The van der Waals surface area contributed by atoms with E-state index in [-0.39, 0.29) is 0 Å². The van der Waals surface area contributed by atoms with Crippen LogP contribution in [0.3, 0.4) is 0 Å². The van der Waals surface area contributed by atoms with Crippen LogP contribution in [0.25, 0.3) is 0 Å². The van der Waals surface area contributed by atoms with Crippen LogP contribution >= 0.6 is 31.9 Å². The van der Waals surface area contributed by atoms with Gasteiger partial charge in [0, 0.05) is 21.3 Å². The van der Waals surface area contributed by atoms with Gasteiger partial charge in [-0.3, -0.25) is 25.4 Å². The maximum atomic E-state index is 11.9. The van der Waals surface area contributed by atoms with E-state index < -0.39 is 11.8 Å². The second kappa shape index (κ2) is 6.62. The standard InChI is InChI=1S/C13H9Br2N3O2/c14-9-5-8(6-16-7-9)12(19)17-18-13(20)10-3-1-2-4-11(10)15/h1-7H,(H,17,19)(H,18,20). The maximum Gasteiger partial charge on any atom is 0.271 e. The molecule has 0 aliphatic rings. The van der Waals surface area contributed by atoms with Crippen molar-refractivity contribution < 1.29 is 9.59 Å². The molecule has 0 spiro atoms. The number of hydrogen-bond acceptors (Lipinski definition) is 3. The van der Waals surface area contributed by atoms with Gasteiger partial charge in [0.15, 0.2) is 0 Å². The smallest absolute Gasteiger partial charge is 0.267 e. The van der Waals surface area contributed by atoms with Gasteiger partial charge in [0.1, 0.15) is 0 Å². The number of nitrogens with zero attached hydrogens (tertiary/aromatic N) is 1. The number of nitrogens with one attached hydrogen (secondary N) is 2. The fourth-order valence-electron chi connectivity index (χ4n) is 1.43. The number of carbonyl (C=O) groups excluding carboxylic acids is 2. The number of hydrogen-bond donors (Lipinski definition) is 2. The summed E-state index contributed by atoms with van der Waals surface area (Å²) < 4.78 is 1.33. The third-order valence-electron chi connectivity index (χ3n) is 2.38. The summed E-state index contributed by atoms with van der Waals surface area (Å²) in [7, 11) is 0. The van der Waals surface area contributed by atoms with Crippen molar-refractivity contribution in [2.75, 3.05) is 0 Å². The molecule has 1 aromatic carbocycles. The van der Waals surface area contributed by atoms with Crippen molar-refractivity contribution in [1.29, 1.82) is 0 Å². The van der Waals surface area contributed by atoms with E-state index in [0.717, 1.165) is 0 Å². The van der Waals surface area contributed by atoms with Crippen molar-refractivity contribution in [3.8, 4) is 0 Å². The van der Waals surface area contributed by atoms with E-state index in [1.54, 1.807) is 36.5 Å². The molecule has 0 saturated heterocycles. The summed E-state index contributed by atoms with van der Waals surface area (Å²) in [6, 6.07) is 8.53. The van der Waals surface area contributed by atoms with Gasteiger partial charge in [-0.1, -0.05) is 12.1 Å². The first kappa shape index (κ1) is 14.7. The Morgan fingerprint density at radius 2 is 1.70 bits per heavy atom. The third kappa shape index (κ3) is 3.64. The number of rotatable bonds is 2. The Morgan fingerprint density at radius 3 is 2.40 bits per heavy atom. The number of carbonyl (C=O) groups is 2. The maximum absolute atomic E-state index is 11.9. The first-order chi connectivity index (χ1) is 9.58. The lowest BCUT2D eigenvalue weighted by molar-refractivity contribution is 0.0846.